The van der Waals surface area contributed by atoms with Crippen LogP contribution in [0, 0.1) is 5.92 Å². The second kappa shape index (κ2) is 10.7. The van der Waals surface area contributed by atoms with Crippen LogP contribution in [0.4, 0.5) is 0 Å². The Morgan fingerprint density at radius 3 is 2.57 bits per heavy atom. The summed E-state index contributed by atoms with van der Waals surface area (Å²) in [6, 6.07) is 19.9. The number of likely N-dealkylation sites (tertiary alicyclic amines) is 1. The van der Waals surface area contributed by atoms with E-state index in [1.807, 2.05) is 43.3 Å². The van der Waals surface area contributed by atoms with Crippen LogP contribution in [-0.4, -0.2) is 48.8 Å². The molecule has 2 N–H and O–H groups in total. The quantitative estimate of drug-likeness (QED) is 0.498. The van der Waals surface area contributed by atoms with Crippen molar-refractivity contribution in [1.82, 2.24) is 10.2 Å². The van der Waals surface area contributed by atoms with Crippen LogP contribution in [0.3, 0.4) is 0 Å². The molecule has 0 aliphatic carbocycles. The summed E-state index contributed by atoms with van der Waals surface area (Å²) in [5.41, 5.74) is 1.85. The summed E-state index contributed by atoms with van der Waals surface area (Å²) in [6.07, 6.45) is 1.81. The predicted molar refractivity (Wildman–Crippen MR) is 137 cm³/mol. The minimum atomic E-state index is -0.773. The second-order valence-corrected chi connectivity index (χ2v) is 9.68. The van der Waals surface area contributed by atoms with Gasteiger partial charge in [-0.15, -0.1) is 0 Å². The van der Waals surface area contributed by atoms with Crippen molar-refractivity contribution >= 4 is 16.7 Å². The van der Waals surface area contributed by atoms with Crippen molar-refractivity contribution in [2.24, 2.45) is 5.92 Å². The van der Waals surface area contributed by atoms with Crippen LogP contribution >= 0.6 is 0 Å². The molecule has 1 amide bonds. The van der Waals surface area contributed by atoms with Gasteiger partial charge in [0.05, 0.1) is 12.1 Å². The van der Waals surface area contributed by atoms with E-state index in [0.29, 0.717) is 31.3 Å². The molecule has 0 unspecified atom stereocenters. The van der Waals surface area contributed by atoms with Gasteiger partial charge in [0.2, 0.25) is 5.91 Å². The lowest BCUT2D eigenvalue weighted by Crippen LogP contribution is -2.35. The van der Waals surface area contributed by atoms with E-state index in [1.54, 1.807) is 0 Å². The van der Waals surface area contributed by atoms with Crippen LogP contribution in [0.2, 0.25) is 0 Å². The lowest BCUT2D eigenvalue weighted by Gasteiger charge is -2.29. The number of aliphatic hydroxyl groups is 1. The Kier molecular flexibility index (Phi) is 7.21. The number of ether oxygens (including phenoxy) is 2. The fourth-order valence-corrected chi connectivity index (χ4v) is 5.33. The number of rotatable bonds is 8. The third-order valence-corrected chi connectivity index (χ3v) is 7.16. The van der Waals surface area contributed by atoms with Gasteiger partial charge < -0.3 is 24.8 Å². The Bertz CT molecular complexity index is 1170. The molecule has 3 aromatic carbocycles. The molecule has 0 aromatic heterocycles. The summed E-state index contributed by atoms with van der Waals surface area (Å²) in [5, 5.41) is 16.9. The van der Waals surface area contributed by atoms with Gasteiger partial charge in [0.15, 0.2) is 11.5 Å². The van der Waals surface area contributed by atoms with Crippen LogP contribution in [0.5, 0.6) is 11.5 Å². The molecule has 0 radical (unpaired) electrons. The van der Waals surface area contributed by atoms with Gasteiger partial charge in [-0.2, -0.15) is 0 Å². The zero-order chi connectivity index (χ0) is 24.2. The summed E-state index contributed by atoms with van der Waals surface area (Å²) in [7, 11) is 0. The van der Waals surface area contributed by atoms with E-state index in [1.165, 1.54) is 0 Å². The largest absolute Gasteiger partial charge is 0.486 e. The standard InChI is InChI=1S/C29H34N2O4/c1-20(24-10-6-8-21-7-2-3-9-25(21)24)30-28(32)18-23(19-31-13-4-5-14-31)29(33)22-11-12-26-27(17-22)35-16-15-34-26/h2-3,6-12,17,20,23,29,33H,4-5,13-16,18-19H2,1H3,(H,30,32)/t20-,23+,29+/m0/s1. The van der Waals surface area contributed by atoms with Gasteiger partial charge in [0.25, 0.3) is 0 Å². The smallest absolute Gasteiger partial charge is 0.220 e. The number of carbonyl (C=O) groups excluding carboxylic acids is 1. The molecule has 6 nitrogen and oxygen atoms in total. The third kappa shape index (κ3) is 5.44. The molecule has 1 fully saturated rings. The average Bonchev–Trinajstić information content (AvgIpc) is 3.40. The van der Waals surface area contributed by atoms with Crippen molar-refractivity contribution in [3.05, 3.63) is 71.8 Å². The Balaban J connectivity index is 1.31. The molecule has 2 aliphatic heterocycles. The SMILES string of the molecule is C[C@H](NC(=O)C[C@H](CN1CCCC1)[C@H](O)c1ccc2c(c1)OCCO2)c1cccc2ccccc12. The maximum absolute atomic E-state index is 13.2. The van der Waals surface area contributed by atoms with E-state index in [9.17, 15) is 9.90 Å². The number of hydrogen-bond donors (Lipinski definition) is 2. The molecule has 0 bridgehead atoms. The number of nitrogens with zero attached hydrogens (tertiary/aromatic N) is 1. The maximum atomic E-state index is 13.2. The van der Waals surface area contributed by atoms with Crippen LogP contribution < -0.4 is 14.8 Å². The molecule has 2 heterocycles. The van der Waals surface area contributed by atoms with Gasteiger partial charge in [-0.1, -0.05) is 48.5 Å². The summed E-state index contributed by atoms with van der Waals surface area (Å²) in [5.74, 6) is 1.08. The van der Waals surface area contributed by atoms with E-state index in [4.69, 9.17) is 9.47 Å². The maximum Gasteiger partial charge on any atom is 0.220 e. The Labute approximate surface area is 206 Å². The molecule has 3 atom stereocenters. The fraction of sp³-hybridized carbons (Fsp3) is 0.414. The second-order valence-electron chi connectivity index (χ2n) is 9.68. The van der Waals surface area contributed by atoms with E-state index in [0.717, 1.165) is 47.8 Å². The summed E-state index contributed by atoms with van der Waals surface area (Å²) in [6.45, 7) is 5.76. The van der Waals surface area contributed by atoms with Crippen molar-refractivity contribution in [2.75, 3.05) is 32.8 Å². The molecule has 35 heavy (non-hydrogen) atoms. The zero-order valence-electron chi connectivity index (χ0n) is 20.3. The highest BCUT2D eigenvalue weighted by molar-refractivity contribution is 5.87. The third-order valence-electron chi connectivity index (χ3n) is 7.16. The van der Waals surface area contributed by atoms with Gasteiger partial charge in [0.1, 0.15) is 13.2 Å². The van der Waals surface area contributed by atoms with Gasteiger partial charge >= 0.3 is 0 Å². The van der Waals surface area contributed by atoms with Crippen molar-refractivity contribution in [2.45, 2.75) is 38.3 Å². The summed E-state index contributed by atoms with van der Waals surface area (Å²) in [4.78, 5) is 15.6. The molecule has 0 saturated carbocycles. The van der Waals surface area contributed by atoms with E-state index in [2.05, 4.69) is 34.5 Å². The normalized spacial score (nSPS) is 18.2. The number of nitrogens with one attached hydrogen (secondary N) is 1. The van der Waals surface area contributed by atoms with Gasteiger partial charge in [-0.3, -0.25) is 4.79 Å². The van der Waals surface area contributed by atoms with Crippen LogP contribution in [0.1, 0.15) is 49.5 Å². The number of amides is 1. The van der Waals surface area contributed by atoms with E-state index in [-0.39, 0.29) is 24.3 Å². The first-order valence-electron chi connectivity index (χ1n) is 12.7. The lowest BCUT2D eigenvalue weighted by molar-refractivity contribution is -0.123. The number of benzene rings is 3. The van der Waals surface area contributed by atoms with Gasteiger partial charge in [-0.25, -0.2) is 0 Å². The Morgan fingerprint density at radius 2 is 1.74 bits per heavy atom. The highest BCUT2D eigenvalue weighted by Gasteiger charge is 2.29. The first kappa shape index (κ1) is 23.6. The monoisotopic (exact) mass is 474 g/mol. The first-order chi connectivity index (χ1) is 17.1. The van der Waals surface area contributed by atoms with E-state index < -0.39 is 6.10 Å². The van der Waals surface area contributed by atoms with Crippen molar-refractivity contribution in [3.63, 3.8) is 0 Å². The molecule has 0 spiro atoms. The van der Waals surface area contributed by atoms with Crippen molar-refractivity contribution in [3.8, 4) is 11.5 Å². The first-order valence-corrected chi connectivity index (χ1v) is 12.7. The minimum Gasteiger partial charge on any atom is -0.486 e. The average molecular weight is 475 g/mol. The van der Waals surface area contributed by atoms with Gasteiger partial charge in [0, 0.05) is 18.9 Å². The highest BCUT2D eigenvalue weighted by Crippen LogP contribution is 2.36. The molecule has 184 valence electrons. The van der Waals surface area contributed by atoms with Crippen LogP contribution in [0.25, 0.3) is 10.8 Å². The lowest BCUT2D eigenvalue weighted by atomic mass is 9.91. The molecular weight excluding hydrogens is 440 g/mol. The van der Waals surface area contributed by atoms with Crippen LogP contribution in [0.15, 0.2) is 60.7 Å². The van der Waals surface area contributed by atoms with Crippen LogP contribution in [-0.2, 0) is 4.79 Å². The number of hydrogen-bond acceptors (Lipinski definition) is 5. The predicted octanol–water partition coefficient (Wildman–Crippen LogP) is 4.62. The molecular formula is C29H34N2O4. The molecule has 1 saturated heterocycles. The zero-order valence-corrected chi connectivity index (χ0v) is 20.3. The fourth-order valence-electron chi connectivity index (χ4n) is 5.33. The number of fused-ring (bicyclic) bond motifs is 2. The summed E-state index contributed by atoms with van der Waals surface area (Å²) >= 11 is 0. The Morgan fingerprint density at radius 1 is 1.00 bits per heavy atom. The van der Waals surface area contributed by atoms with Crippen molar-refractivity contribution < 1.29 is 19.4 Å². The van der Waals surface area contributed by atoms with E-state index >= 15 is 0 Å². The molecule has 5 rings (SSSR count). The Hall–Kier alpha value is -3.09. The summed E-state index contributed by atoms with van der Waals surface area (Å²) < 4.78 is 11.3. The van der Waals surface area contributed by atoms with Crippen molar-refractivity contribution in [1.29, 1.82) is 0 Å². The topological polar surface area (TPSA) is 71.0 Å². The molecule has 6 heteroatoms. The molecule has 2 aliphatic rings. The highest BCUT2D eigenvalue weighted by atomic mass is 16.6. The number of aliphatic hydroxyl groups excluding tert-OH is 1. The van der Waals surface area contributed by atoms with Gasteiger partial charge in [-0.05, 0) is 66.9 Å². The minimum absolute atomic E-state index is 0.0498. The number of carbonyl (C=O) groups is 1. The molecule has 3 aromatic rings.